The number of rotatable bonds is 7. The molecule has 1 saturated heterocycles. The van der Waals surface area contributed by atoms with Gasteiger partial charge in [0, 0.05) is 5.56 Å². The van der Waals surface area contributed by atoms with Crippen molar-refractivity contribution < 1.29 is 37.3 Å². The van der Waals surface area contributed by atoms with Crippen molar-refractivity contribution in [1.29, 1.82) is 0 Å². The van der Waals surface area contributed by atoms with E-state index in [0.29, 0.717) is 5.56 Å². The Labute approximate surface area is 209 Å². The maximum absolute atomic E-state index is 14.8. The number of ether oxygens (including phenoxy) is 2. The van der Waals surface area contributed by atoms with Crippen LogP contribution in [0.5, 0.6) is 11.5 Å². The average molecular weight is 521 g/mol. The number of methoxy groups -OCH3 is 2. The number of carbonyl (C=O) groups is 2. The monoisotopic (exact) mass is 520 g/mol. The highest BCUT2D eigenvalue weighted by atomic mass is 32.1. The number of urea groups is 1. The van der Waals surface area contributed by atoms with Gasteiger partial charge >= 0.3 is 12.2 Å². The van der Waals surface area contributed by atoms with E-state index in [1.165, 1.54) is 56.7 Å². The smallest absolute Gasteiger partial charge is 0.437 e. The molecule has 0 radical (unpaired) electrons. The number of aliphatic hydroxyl groups is 1. The van der Waals surface area contributed by atoms with Gasteiger partial charge in [-0.2, -0.15) is 13.2 Å². The lowest BCUT2D eigenvalue weighted by Gasteiger charge is -2.51. The second kappa shape index (κ2) is 9.82. The van der Waals surface area contributed by atoms with Crippen LogP contribution in [0.4, 0.5) is 18.0 Å². The van der Waals surface area contributed by atoms with Crippen molar-refractivity contribution in [2.24, 2.45) is 5.92 Å². The van der Waals surface area contributed by atoms with Crippen LogP contribution in [-0.2, 0) is 6.54 Å². The summed E-state index contributed by atoms with van der Waals surface area (Å²) in [6.45, 7) is -0.584. The number of benzene rings is 2. The Balaban J connectivity index is 1.94. The molecular formula is C25H23F3N2O5S. The number of nitrogens with zero attached hydrogens (tertiary/aromatic N) is 1. The van der Waals surface area contributed by atoms with Crippen LogP contribution < -0.4 is 14.8 Å². The number of hydrogen-bond acceptors (Lipinski definition) is 6. The fourth-order valence-electron chi connectivity index (χ4n) is 4.46. The Hall–Kier alpha value is -3.57. The second-order valence-corrected chi connectivity index (χ2v) is 9.07. The zero-order chi connectivity index (χ0) is 26.1. The van der Waals surface area contributed by atoms with Gasteiger partial charge in [-0.25, -0.2) is 4.79 Å². The van der Waals surface area contributed by atoms with Gasteiger partial charge in [-0.05, 0) is 23.1 Å². The number of Topliss-reactive ketones (excluding diaryl/α,β-unsaturated/α-hetero) is 1. The van der Waals surface area contributed by atoms with Crippen molar-refractivity contribution in [2.75, 3.05) is 14.2 Å². The van der Waals surface area contributed by atoms with Gasteiger partial charge in [-0.15, -0.1) is 11.3 Å². The van der Waals surface area contributed by atoms with E-state index in [9.17, 15) is 27.9 Å². The Bertz CT molecular complexity index is 1240. The standard InChI is InChI=1S/C25H23F3N2O5S/c1-34-17-11-6-10-16(22(17)35-2)20-19(21(31)18-12-7-13-36-18)24(33,25(26,27)28)30(23(32)29-20)14-15-8-4-3-5-9-15/h3-13,19-20,33H,14H2,1-2H3,(H,29,32). The van der Waals surface area contributed by atoms with Gasteiger partial charge in [0.15, 0.2) is 17.3 Å². The molecule has 2 amide bonds. The van der Waals surface area contributed by atoms with Crippen molar-refractivity contribution in [3.05, 3.63) is 82.0 Å². The van der Waals surface area contributed by atoms with Gasteiger partial charge < -0.3 is 19.9 Å². The third-order valence-corrected chi connectivity index (χ3v) is 7.00. The first kappa shape index (κ1) is 25.5. The molecule has 11 heteroatoms. The summed E-state index contributed by atoms with van der Waals surface area (Å²) < 4.78 is 55.2. The fourth-order valence-corrected chi connectivity index (χ4v) is 5.16. The molecule has 0 spiro atoms. The Morgan fingerprint density at radius 2 is 1.81 bits per heavy atom. The van der Waals surface area contributed by atoms with Crippen LogP contribution >= 0.6 is 11.3 Å². The molecule has 0 bridgehead atoms. The SMILES string of the molecule is COc1cccc(C2NC(=O)N(Cc3ccccc3)C(O)(C(F)(F)F)C2C(=O)c2cccs2)c1OC. The molecule has 36 heavy (non-hydrogen) atoms. The van der Waals surface area contributed by atoms with E-state index >= 15 is 0 Å². The Kier molecular flexibility index (Phi) is 6.96. The number of para-hydroxylation sites is 1. The average Bonchev–Trinajstić information content (AvgIpc) is 3.40. The quantitative estimate of drug-likeness (QED) is 0.438. The van der Waals surface area contributed by atoms with Gasteiger partial charge in [0.1, 0.15) is 5.92 Å². The Morgan fingerprint density at radius 1 is 1.08 bits per heavy atom. The van der Waals surface area contributed by atoms with Gasteiger partial charge in [0.05, 0.1) is 31.7 Å². The molecule has 3 atom stereocenters. The number of carbonyl (C=O) groups excluding carboxylic acids is 2. The first-order chi connectivity index (χ1) is 17.1. The molecule has 2 N–H and O–H groups in total. The van der Waals surface area contributed by atoms with E-state index in [-0.39, 0.29) is 26.8 Å². The van der Waals surface area contributed by atoms with E-state index in [0.717, 1.165) is 11.3 Å². The lowest BCUT2D eigenvalue weighted by atomic mass is 9.77. The molecule has 190 valence electrons. The molecule has 1 fully saturated rings. The van der Waals surface area contributed by atoms with E-state index in [4.69, 9.17) is 9.47 Å². The van der Waals surface area contributed by atoms with Gasteiger partial charge in [0.25, 0.3) is 5.72 Å². The summed E-state index contributed by atoms with van der Waals surface area (Å²) in [5.74, 6) is -2.92. The number of amides is 2. The van der Waals surface area contributed by atoms with Crippen molar-refractivity contribution in [3.63, 3.8) is 0 Å². The minimum absolute atomic E-state index is 0.00495. The predicted molar refractivity (Wildman–Crippen MR) is 126 cm³/mol. The van der Waals surface area contributed by atoms with Gasteiger partial charge in [-0.3, -0.25) is 9.69 Å². The van der Waals surface area contributed by atoms with Crippen molar-refractivity contribution in [2.45, 2.75) is 24.5 Å². The molecule has 3 unspecified atom stereocenters. The summed E-state index contributed by atoms with van der Waals surface area (Å²) >= 11 is 0.942. The molecule has 4 rings (SSSR count). The zero-order valence-corrected chi connectivity index (χ0v) is 20.1. The summed E-state index contributed by atoms with van der Waals surface area (Å²) in [4.78, 5) is 27.2. The van der Waals surface area contributed by atoms with Crippen LogP contribution in [0.1, 0.15) is 26.8 Å². The number of ketones is 1. The van der Waals surface area contributed by atoms with Crippen LogP contribution in [0.25, 0.3) is 0 Å². The van der Waals surface area contributed by atoms with Crippen LogP contribution in [-0.4, -0.2) is 47.9 Å². The molecular weight excluding hydrogens is 497 g/mol. The Morgan fingerprint density at radius 3 is 2.39 bits per heavy atom. The molecule has 0 saturated carbocycles. The molecule has 2 aromatic carbocycles. The fraction of sp³-hybridized carbons (Fsp3) is 0.280. The predicted octanol–water partition coefficient (Wildman–Crippen LogP) is 4.78. The third kappa shape index (κ3) is 4.28. The maximum atomic E-state index is 14.8. The van der Waals surface area contributed by atoms with Crippen molar-refractivity contribution >= 4 is 23.2 Å². The summed E-state index contributed by atoms with van der Waals surface area (Å²) in [7, 11) is 2.64. The van der Waals surface area contributed by atoms with Gasteiger partial charge in [-0.1, -0.05) is 48.5 Å². The summed E-state index contributed by atoms with van der Waals surface area (Å²) in [6.07, 6.45) is -5.39. The van der Waals surface area contributed by atoms with E-state index in [1.54, 1.807) is 23.6 Å². The highest BCUT2D eigenvalue weighted by molar-refractivity contribution is 7.12. The van der Waals surface area contributed by atoms with E-state index in [1.807, 2.05) is 0 Å². The number of hydrogen-bond donors (Lipinski definition) is 2. The second-order valence-electron chi connectivity index (χ2n) is 8.12. The maximum Gasteiger partial charge on any atom is 0.437 e. The minimum atomic E-state index is -5.39. The first-order valence-corrected chi connectivity index (χ1v) is 11.7. The molecule has 1 aromatic heterocycles. The van der Waals surface area contributed by atoms with Crippen molar-refractivity contribution in [1.82, 2.24) is 10.2 Å². The molecule has 0 aliphatic carbocycles. The van der Waals surface area contributed by atoms with Crippen molar-refractivity contribution in [3.8, 4) is 11.5 Å². The molecule has 2 heterocycles. The summed E-state index contributed by atoms with van der Waals surface area (Å²) in [6, 6.07) is 12.5. The van der Waals surface area contributed by atoms with Crippen LogP contribution in [0.3, 0.4) is 0 Å². The molecule has 3 aromatic rings. The lowest BCUT2D eigenvalue weighted by molar-refractivity contribution is -0.328. The summed E-state index contributed by atoms with van der Waals surface area (Å²) in [5.41, 5.74) is -3.44. The van der Waals surface area contributed by atoms with E-state index < -0.39 is 42.2 Å². The molecule has 1 aliphatic rings. The number of alkyl halides is 3. The molecule has 7 nitrogen and oxygen atoms in total. The lowest BCUT2D eigenvalue weighted by Crippen LogP contribution is -2.73. The minimum Gasteiger partial charge on any atom is -0.493 e. The number of halogens is 3. The third-order valence-electron chi connectivity index (χ3n) is 6.12. The largest absolute Gasteiger partial charge is 0.493 e. The van der Waals surface area contributed by atoms with Crippen LogP contribution in [0.2, 0.25) is 0 Å². The molecule has 1 aliphatic heterocycles. The number of nitrogens with one attached hydrogen (secondary N) is 1. The van der Waals surface area contributed by atoms with Gasteiger partial charge in [0.2, 0.25) is 0 Å². The normalized spacial score (nSPS) is 22.2. The van der Waals surface area contributed by atoms with Crippen LogP contribution in [0, 0.1) is 5.92 Å². The highest BCUT2D eigenvalue weighted by Crippen LogP contribution is 2.51. The van der Waals surface area contributed by atoms with Crippen LogP contribution in [0.15, 0.2) is 66.0 Å². The van der Waals surface area contributed by atoms with E-state index in [2.05, 4.69) is 5.32 Å². The summed E-state index contributed by atoms with van der Waals surface area (Å²) in [5, 5.41) is 15.6. The highest BCUT2D eigenvalue weighted by Gasteiger charge is 2.70. The topological polar surface area (TPSA) is 88.1 Å². The first-order valence-electron chi connectivity index (χ1n) is 10.8. The zero-order valence-electron chi connectivity index (χ0n) is 19.3. The number of thiophene rings is 1.